The minimum absolute atomic E-state index is 0.183. The number of hydrogen-bond donors (Lipinski definition) is 1. The third kappa shape index (κ3) is 4.80. The summed E-state index contributed by atoms with van der Waals surface area (Å²) in [4.78, 5) is 21.0. The van der Waals surface area contributed by atoms with Crippen molar-refractivity contribution in [3.63, 3.8) is 0 Å². The molecule has 0 fully saturated rings. The molecule has 1 aromatic carbocycles. The van der Waals surface area contributed by atoms with Gasteiger partial charge in [-0.1, -0.05) is 24.3 Å². The fraction of sp³-hybridized carbons (Fsp3) is 0.333. The second-order valence-electron chi connectivity index (χ2n) is 5.81. The van der Waals surface area contributed by atoms with E-state index in [4.69, 9.17) is 10.5 Å². The Morgan fingerprint density at radius 2 is 2.09 bits per heavy atom. The lowest BCUT2D eigenvalue weighted by atomic mass is 9.97. The number of nitrogens with zero attached hydrogens (tertiary/aromatic N) is 3. The van der Waals surface area contributed by atoms with Gasteiger partial charge in [-0.25, -0.2) is 4.79 Å². The van der Waals surface area contributed by atoms with Crippen LogP contribution in [0.5, 0.6) is 0 Å². The fourth-order valence-corrected chi connectivity index (χ4v) is 2.36. The monoisotopic (exact) mass is 318 g/mol. The summed E-state index contributed by atoms with van der Waals surface area (Å²) >= 11 is 0. The Bertz CT molecular complexity index is 724. The van der Waals surface area contributed by atoms with Crippen molar-refractivity contribution >= 4 is 11.9 Å². The summed E-state index contributed by atoms with van der Waals surface area (Å²) in [5.41, 5.74) is 6.26. The maximum atomic E-state index is 10.9. The molecule has 0 unspecified atom stereocenters. The SMILES string of the molecule is CC(C)(Cc1cccc(Cn2ccc([N+](=O)[O-])n2)c1)OC(N)=O. The first-order valence-electron chi connectivity index (χ1n) is 6.99. The van der Waals surface area contributed by atoms with Gasteiger partial charge in [-0.15, -0.1) is 0 Å². The number of benzene rings is 1. The minimum atomic E-state index is -0.810. The zero-order valence-corrected chi connectivity index (χ0v) is 12.9. The molecule has 8 heteroatoms. The largest absolute Gasteiger partial charge is 0.443 e. The second kappa shape index (κ2) is 6.47. The van der Waals surface area contributed by atoms with Crippen LogP contribution in [0, 0.1) is 10.1 Å². The molecule has 0 spiro atoms. The number of hydrogen-bond acceptors (Lipinski definition) is 5. The molecule has 2 rings (SSSR count). The van der Waals surface area contributed by atoms with Gasteiger partial charge in [-0.3, -0.25) is 0 Å². The molecule has 1 amide bonds. The number of amides is 1. The number of primary amides is 1. The van der Waals surface area contributed by atoms with E-state index in [1.165, 1.54) is 10.7 Å². The summed E-state index contributed by atoms with van der Waals surface area (Å²) in [6, 6.07) is 9.00. The average Bonchev–Trinajstić information content (AvgIpc) is 2.85. The highest BCUT2D eigenvalue weighted by Gasteiger charge is 2.22. The van der Waals surface area contributed by atoms with Crippen LogP contribution in [0.3, 0.4) is 0 Å². The first kappa shape index (κ1) is 16.5. The van der Waals surface area contributed by atoms with Crippen molar-refractivity contribution in [3.05, 3.63) is 57.8 Å². The molecule has 0 saturated heterocycles. The Morgan fingerprint density at radius 3 is 2.70 bits per heavy atom. The van der Waals surface area contributed by atoms with Gasteiger partial charge in [0.2, 0.25) is 0 Å². The molecule has 0 radical (unpaired) electrons. The van der Waals surface area contributed by atoms with Crippen LogP contribution in [0.15, 0.2) is 36.5 Å². The van der Waals surface area contributed by atoms with Gasteiger partial charge < -0.3 is 20.6 Å². The molecule has 2 aromatic rings. The summed E-state index contributed by atoms with van der Waals surface area (Å²) < 4.78 is 6.58. The normalized spacial score (nSPS) is 11.2. The molecule has 8 nitrogen and oxygen atoms in total. The van der Waals surface area contributed by atoms with Crippen LogP contribution in [0.25, 0.3) is 0 Å². The molecule has 1 aromatic heterocycles. The number of aromatic nitrogens is 2. The summed E-state index contributed by atoms with van der Waals surface area (Å²) in [7, 11) is 0. The predicted molar refractivity (Wildman–Crippen MR) is 82.9 cm³/mol. The highest BCUT2D eigenvalue weighted by Crippen LogP contribution is 2.18. The first-order valence-corrected chi connectivity index (χ1v) is 6.99. The number of carbonyl (C=O) groups excluding carboxylic acids is 1. The molecular weight excluding hydrogens is 300 g/mol. The molecular formula is C15H18N4O4. The Hall–Kier alpha value is -2.90. The Morgan fingerprint density at radius 1 is 1.39 bits per heavy atom. The molecule has 0 aliphatic heterocycles. The van der Waals surface area contributed by atoms with Gasteiger partial charge in [0.1, 0.15) is 5.60 Å². The highest BCUT2D eigenvalue weighted by molar-refractivity contribution is 5.65. The van der Waals surface area contributed by atoms with Gasteiger partial charge in [-0.2, -0.15) is 4.68 Å². The van der Waals surface area contributed by atoms with Crippen molar-refractivity contribution in [2.75, 3.05) is 0 Å². The van der Waals surface area contributed by atoms with Gasteiger partial charge in [0.15, 0.2) is 0 Å². The average molecular weight is 318 g/mol. The maximum Gasteiger partial charge on any atom is 0.405 e. The topological polar surface area (TPSA) is 113 Å². The van der Waals surface area contributed by atoms with E-state index >= 15 is 0 Å². The van der Waals surface area contributed by atoms with Gasteiger partial charge in [-0.05, 0) is 29.9 Å². The molecule has 2 N–H and O–H groups in total. The van der Waals surface area contributed by atoms with E-state index < -0.39 is 16.6 Å². The molecule has 122 valence electrons. The third-order valence-corrected chi connectivity index (χ3v) is 3.16. The Labute approximate surface area is 133 Å². The van der Waals surface area contributed by atoms with E-state index in [-0.39, 0.29) is 5.82 Å². The second-order valence-corrected chi connectivity index (χ2v) is 5.81. The lowest BCUT2D eigenvalue weighted by Gasteiger charge is -2.24. The number of rotatable bonds is 6. The fourth-order valence-electron chi connectivity index (χ4n) is 2.36. The smallest absolute Gasteiger partial charge is 0.405 e. The van der Waals surface area contributed by atoms with Crippen molar-refractivity contribution in [3.8, 4) is 0 Å². The van der Waals surface area contributed by atoms with Crippen LogP contribution in [-0.2, 0) is 17.7 Å². The first-order chi connectivity index (χ1) is 10.7. The van der Waals surface area contributed by atoms with E-state index in [0.29, 0.717) is 13.0 Å². The molecule has 0 bridgehead atoms. The van der Waals surface area contributed by atoms with Crippen molar-refractivity contribution in [1.82, 2.24) is 9.78 Å². The minimum Gasteiger partial charge on any atom is -0.443 e. The lowest BCUT2D eigenvalue weighted by molar-refractivity contribution is -0.389. The van der Waals surface area contributed by atoms with Crippen LogP contribution in [-0.4, -0.2) is 26.4 Å². The number of carbonyl (C=O) groups is 1. The van der Waals surface area contributed by atoms with Crippen LogP contribution >= 0.6 is 0 Å². The van der Waals surface area contributed by atoms with Crippen LogP contribution in [0.2, 0.25) is 0 Å². The van der Waals surface area contributed by atoms with Crippen LogP contribution < -0.4 is 5.73 Å². The van der Waals surface area contributed by atoms with Gasteiger partial charge in [0.05, 0.1) is 23.9 Å². The molecule has 0 aliphatic rings. The summed E-state index contributed by atoms with van der Waals surface area (Å²) in [5, 5.41) is 14.5. The molecule has 0 aliphatic carbocycles. The highest BCUT2D eigenvalue weighted by atomic mass is 16.6. The summed E-state index contributed by atoms with van der Waals surface area (Å²) in [6.45, 7) is 3.97. The standard InChI is InChI=1S/C15H18N4O4/c1-15(2,23-14(16)20)9-11-4-3-5-12(8-11)10-18-7-6-13(17-18)19(21)22/h3-8H,9-10H2,1-2H3,(H2,16,20). The maximum absolute atomic E-state index is 10.9. The van der Waals surface area contributed by atoms with E-state index in [2.05, 4.69) is 5.10 Å². The van der Waals surface area contributed by atoms with E-state index in [0.717, 1.165) is 11.1 Å². The van der Waals surface area contributed by atoms with Crippen LogP contribution in [0.4, 0.5) is 10.6 Å². The summed E-state index contributed by atoms with van der Waals surface area (Å²) in [6.07, 6.45) is 1.25. The predicted octanol–water partition coefficient (Wildman–Crippen LogP) is 2.26. The molecule has 0 saturated carbocycles. The van der Waals surface area contributed by atoms with Gasteiger partial charge in [0.25, 0.3) is 0 Å². The van der Waals surface area contributed by atoms with Crippen molar-refractivity contribution in [1.29, 1.82) is 0 Å². The Kier molecular flexibility index (Phi) is 4.63. The number of ether oxygens (including phenoxy) is 1. The van der Waals surface area contributed by atoms with Gasteiger partial charge in [0, 0.05) is 6.42 Å². The lowest BCUT2D eigenvalue weighted by Crippen LogP contribution is -2.33. The quantitative estimate of drug-likeness (QED) is 0.648. The number of nitrogens with two attached hydrogens (primary N) is 1. The molecule has 23 heavy (non-hydrogen) atoms. The van der Waals surface area contributed by atoms with Crippen molar-refractivity contribution < 1.29 is 14.5 Å². The zero-order chi connectivity index (χ0) is 17.0. The van der Waals surface area contributed by atoms with E-state index in [9.17, 15) is 14.9 Å². The summed E-state index contributed by atoms with van der Waals surface area (Å²) in [5.74, 6) is -0.183. The third-order valence-electron chi connectivity index (χ3n) is 3.16. The van der Waals surface area contributed by atoms with E-state index in [1.54, 1.807) is 20.0 Å². The van der Waals surface area contributed by atoms with Crippen molar-refractivity contribution in [2.24, 2.45) is 5.73 Å². The van der Waals surface area contributed by atoms with Gasteiger partial charge >= 0.3 is 11.9 Å². The molecule has 0 atom stereocenters. The Balaban J connectivity index is 2.10. The molecule has 1 heterocycles. The zero-order valence-electron chi connectivity index (χ0n) is 12.9. The number of nitro groups is 1. The van der Waals surface area contributed by atoms with Crippen molar-refractivity contribution in [2.45, 2.75) is 32.4 Å². The van der Waals surface area contributed by atoms with Crippen LogP contribution in [0.1, 0.15) is 25.0 Å². The van der Waals surface area contributed by atoms with E-state index in [1.807, 2.05) is 24.3 Å².